The van der Waals surface area contributed by atoms with Crippen molar-refractivity contribution in [2.45, 2.75) is 24.3 Å². The van der Waals surface area contributed by atoms with Crippen molar-refractivity contribution < 1.29 is 14.4 Å². The van der Waals surface area contributed by atoms with Gasteiger partial charge in [-0.2, -0.15) is 0 Å². The molecular weight excluding hydrogens is 350 g/mol. The fourth-order valence-electron chi connectivity index (χ4n) is 3.04. The molecule has 0 aliphatic carbocycles. The van der Waals surface area contributed by atoms with Crippen LogP contribution in [0.25, 0.3) is 11.4 Å². The van der Waals surface area contributed by atoms with E-state index in [9.17, 15) is 4.79 Å². The van der Waals surface area contributed by atoms with Crippen LogP contribution in [0.2, 0.25) is 0 Å². The highest BCUT2D eigenvalue weighted by Crippen LogP contribution is 2.24. The molecule has 7 nitrogen and oxygen atoms in total. The van der Waals surface area contributed by atoms with Gasteiger partial charge in [0.2, 0.25) is 11.1 Å². The van der Waals surface area contributed by atoms with Crippen molar-refractivity contribution in [1.82, 2.24) is 20.1 Å². The Bertz CT molecular complexity index is 725. The summed E-state index contributed by atoms with van der Waals surface area (Å²) in [6.45, 7) is 8.96. The molecule has 8 heteroatoms. The number of rotatable bonds is 6. The van der Waals surface area contributed by atoms with E-state index in [1.165, 1.54) is 11.8 Å². The number of piperazine rings is 1. The number of likely N-dealkylation sites (N-methyl/N-ethyl adjacent to an activating group) is 1. The average molecular weight is 377 g/mol. The number of benzene rings is 1. The Morgan fingerprint density at radius 1 is 1.35 bits per heavy atom. The summed E-state index contributed by atoms with van der Waals surface area (Å²) in [5.74, 6) is 1.66. The number of hydrogen-bond donors (Lipinski definition) is 2. The summed E-state index contributed by atoms with van der Waals surface area (Å²) >= 11 is 1.40. The van der Waals surface area contributed by atoms with Crippen LogP contribution in [-0.4, -0.2) is 71.1 Å². The maximum atomic E-state index is 12.7. The molecule has 2 aromatic rings. The van der Waals surface area contributed by atoms with Crippen molar-refractivity contribution in [3.8, 4) is 17.1 Å². The Balaban J connectivity index is 1.58. The number of aromatic amines is 1. The van der Waals surface area contributed by atoms with Crippen molar-refractivity contribution in [2.24, 2.45) is 0 Å². The number of hydrogen-bond acceptors (Lipinski definition) is 5. The Hall–Kier alpha value is -2.06. The highest BCUT2D eigenvalue weighted by molar-refractivity contribution is 8.00. The van der Waals surface area contributed by atoms with Gasteiger partial charge < -0.3 is 14.5 Å². The Morgan fingerprint density at radius 2 is 2.04 bits per heavy atom. The molecule has 1 saturated heterocycles. The van der Waals surface area contributed by atoms with Gasteiger partial charge in [0.25, 0.3) is 0 Å². The van der Waals surface area contributed by atoms with Gasteiger partial charge in [-0.1, -0.05) is 11.8 Å². The molecule has 0 spiro atoms. The lowest BCUT2D eigenvalue weighted by molar-refractivity contribution is -0.902. The quantitative estimate of drug-likeness (QED) is 0.726. The number of carbonyl (C=O) groups excluding carboxylic acids is 1. The molecule has 1 aromatic heterocycles. The van der Waals surface area contributed by atoms with Crippen molar-refractivity contribution in [2.75, 3.05) is 39.8 Å². The molecule has 1 fully saturated rings. The van der Waals surface area contributed by atoms with E-state index in [2.05, 4.69) is 22.1 Å². The number of nitrogens with zero attached hydrogens (tertiary/aromatic N) is 3. The largest absolute Gasteiger partial charge is 0.497 e. The lowest BCUT2D eigenvalue weighted by Gasteiger charge is -2.32. The van der Waals surface area contributed by atoms with Crippen LogP contribution in [0.1, 0.15) is 13.8 Å². The Kier molecular flexibility index (Phi) is 6.16. The van der Waals surface area contributed by atoms with Crippen molar-refractivity contribution in [1.29, 1.82) is 0 Å². The number of quaternary nitrogens is 1. The average Bonchev–Trinajstić information content (AvgIpc) is 3.16. The van der Waals surface area contributed by atoms with Gasteiger partial charge in [-0.25, -0.2) is 4.98 Å². The molecule has 1 atom stereocenters. The third-order valence-corrected chi connectivity index (χ3v) is 5.69. The molecule has 0 unspecified atom stereocenters. The first kappa shape index (κ1) is 18.7. The molecule has 2 heterocycles. The second-order valence-electron chi connectivity index (χ2n) is 6.38. The van der Waals surface area contributed by atoms with Crippen LogP contribution in [0.4, 0.5) is 0 Å². The zero-order chi connectivity index (χ0) is 18.5. The number of amides is 1. The number of thioether (sulfide) groups is 1. The normalized spacial score (nSPS) is 16.5. The Labute approximate surface area is 158 Å². The van der Waals surface area contributed by atoms with Crippen LogP contribution < -0.4 is 9.64 Å². The summed E-state index contributed by atoms with van der Waals surface area (Å²) in [6, 6.07) is 7.62. The van der Waals surface area contributed by atoms with Crippen LogP contribution in [0.15, 0.2) is 29.4 Å². The fourth-order valence-corrected chi connectivity index (χ4v) is 3.85. The van der Waals surface area contributed by atoms with E-state index in [4.69, 9.17) is 4.74 Å². The smallest absolute Gasteiger partial charge is 0.236 e. The molecule has 140 valence electrons. The van der Waals surface area contributed by atoms with E-state index in [1.807, 2.05) is 36.1 Å². The minimum Gasteiger partial charge on any atom is -0.497 e. The fraction of sp³-hybridized carbons (Fsp3) is 0.500. The monoisotopic (exact) mass is 376 g/mol. The molecule has 3 rings (SSSR count). The highest BCUT2D eigenvalue weighted by atomic mass is 32.2. The zero-order valence-electron chi connectivity index (χ0n) is 15.5. The number of ether oxygens (including phenoxy) is 1. The first-order chi connectivity index (χ1) is 12.6. The van der Waals surface area contributed by atoms with E-state index >= 15 is 0 Å². The van der Waals surface area contributed by atoms with Crippen LogP contribution in [-0.2, 0) is 4.79 Å². The van der Waals surface area contributed by atoms with E-state index < -0.39 is 0 Å². The van der Waals surface area contributed by atoms with Crippen LogP contribution in [0, 0.1) is 0 Å². The number of aromatic nitrogens is 3. The molecule has 0 saturated carbocycles. The highest BCUT2D eigenvalue weighted by Gasteiger charge is 2.27. The van der Waals surface area contributed by atoms with Crippen molar-refractivity contribution >= 4 is 17.7 Å². The van der Waals surface area contributed by atoms with Gasteiger partial charge in [0.05, 0.1) is 45.1 Å². The summed E-state index contributed by atoms with van der Waals surface area (Å²) in [4.78, 5) is 20.7. The molecule has 0 radical (unpaired) electrons. The summed E-state index contributed by atoms with van der Waals surface area (Å²) in [5.41, 5.74) is 0.933. The van der Waals surface area contributed by atoms with Gasteiger partial charge in [-0.3, -0.25) is 9.89 Å². The summed E-state index contributed by atoms with van der Waals surface area (Å²) < 4.78 is 5.17. The van der Waals surface area contributed by atoms with E-state index in [1.54, 1.807) is 12.0 Å². The minimum absolute atomic E-state index is 0.168. The molecule has 1 amide bonds. The molecule has 1 aliphatic rings. The lowest BCUT2D eigenvalue weighted by Crippen LogP contribution is -3.14. The molecular formula is C18H26N5O2S+. The third kappa shape index (κ3) is 4.37. The third-order valence-electron chi connectivity index (χ3n) is 4.74. The Morgan fingerprint density at radius 3 is 2.65 bits per heavy atom. The van der Waals surface area contributed by atoms with Crippen LogP contribution in [0.5, 0.6) is 5.75 Å². The number of nitrogens with one attached hydrogen (secondary N) is 2. The zero-order valence-corrected chi connectivity index (χ0v) is 16.3. The lowest BCUT2D eigenvalue weighted by atomic mass is 10.2. The van der Waals surface area contributed by atoms with E-state index in [0.29, 0.717) is 11.0 Å². The molecule has 26 heavy (non-hydrogen) atoms. The van der Waals surface area contributed by atoms with Gasteiger partial charge in [-0.05, 0) is 38.1 Å². The predicted octanol–water partition coefficient (Wildman–Crippen LogP) is 0.708. The van der Waals surface area contributed by atoms with Gasteiger partial charge >= 0.3 is 0 Å². The van der Waals surface area contributed by atoms with Crippen LogP contribution >= 0.6 is 11.8 Å². The van der Waals surface area contributed by atoms with Gasteiger partial charge in [0.1, 0.15) is 5.75 Å². The second-order valence-corrected chi connectivity index (χ2v) is 7.69. The predicted molar refractivity (Wildman–Crippen MR) is 102 cm³/mol. The van der Waals surface area contributed by atoms with Gasteiger partial charge in [0.15, 0.2) is 5.82 Å². The molecule has 2 N–H and O–H groups in total. The number of carbonyl (C=O) groups is 1. The summed E-state index contributed by atoms with van der Waals surface area (Å²) in [6.07, 6.45) is 0. The molecule has 1 aliphatic heterocycles. The van der Waals surface area contributed by atoms with Crippen molar-refractivity contribution in [3.63, 3.8) is 0 Å². The summed E-state index contributed by atoms with van der Waals surface area (Å²) in [7, 11) is 1.64. The number of H-pyrrole nitrogens is 1. The first-order valence-corrected chi connectivity index (χ1v) is 9.84. The summed E-state index contributed by atoms with van der Waals surface area (Å²) in [5, 5.41) is 7.59. The standard InChI is InChI=1S/C18H25N5O2S/c1-4-22-9-11-23(12-10-22)17(24)13(2)26-18-19-16(20-21-18)14-5-7-15(25-3)8-6-14/h5-8,13H,4,9-12H2,1-3H3,(H,19,20,21)/p+1/t13-/m1/s1. The van der Waals surface area contributed by atoms with Gasteiger partial charge in [-0.15, -0.1) is 5.10 Å². The maximum Gasteiger partial charge on any atom is 0.236 e. The van der Waals surface area contributed by atoms with Gasteiger partial charge in [0, 0.05) is 5.56 Å². The molecule has 1 aromatic carbocycles. The molecule has 0 bridgehead atoms. The topological polar surface area (TPSA) is 75.5 Å². The van der Waals surface area contributed by atoms with Crippen LogP contribution in [0.3, 0.4) is 0 Å². The first-order valence-electron chi connectivity index (χ1n) is 8.96. The van der Waals surface area contributed by atoms with Crippen molar-refractivity contribution in [3.05, 3.63) is 24.3 Å². The maximum absolute atomic E-state index is 12.7. The second kappa shape index (κ2) is 8.55. The van der Waals surface area contributed by atoms with E-state index in [0.717, 1.165) is 44.0 Å². The van der Waals surface area contributed by atoms with E-state index in [-0.39, 0.29) is 11.2 Å². The SMILES string of the molecule is CC[NH+]1CCN(C(=O)[C@@H](C)Sc2n[nH]c(-c3ccc(OC)cc3)n2)CC1. The minimum atomic E-state index is -0.197. The number of methoxy groups -OCH3 is 1.